The molecular weight excluding hydrogens is 646 g/mol. The number of carbonyl (C=O) groups is 1. The van der Waals surface area contributed by atoms with Crippen LogP contribution in [-0.4, -0.2) is 87.5 Å². The lowest BCUT2D eigenvalue weighted by atomic mass is 9.99. The van der Waals surface area contributed by atoms with Crippen molar-refractivity contribution in [1.82, 2.24) is 5.32 Å². The quantitative estimate of drug-likeness (QED) is 0.0289. The molecular formula is C42H79NO8. The fourth-order valence-corrected chi connectivity index (χ4v) is 6.56. The number of hydrogen-bond acceptors (Lipinski definition) is 8. The Bertz CT molecular complexity index is 853. The van der Waals surface area contributed by atoms with Crippen LogP contribution in [0.5, 0.6) is 0 Å². The van der Waals surface area contributed by atoms with E-state index in [2.05, 4.69) is 43.5 Å². The van der Waals surface area contributed by atoms with Crippen LogP contribution in [0.4, 0.5) is 0 Å². The highest BCUT2D eigenvalue weighted by Gasteiger charge is 2.44. The van der Waals surface area contributed by atoms with Crippen molar-refractivity contribution in [3.63, 3.8) is 0 Å². The van der Waals surface area contributed by atoms with E-state index in [4.69, 9.17) is 9.47 Å². The van der Waals surface area contributed by atoms with Crippen LogP contribution in [0.3, 0.4) is 0 Å². The maximum Gasteiger partial charge on any atom is 0.220 e. The van der Waals surface area contributed by atoms with Crippen molar-refractivity contribution >= 4 is 5.91 Å². The number of unbranched alkanes of at least 4 members (excludes halogenated alkanes) is 20. The summed E-state index contributed by atoms with van der Waals surface area (Å²) in [6.07, 6.45) is 30.4. The first-order valence-corrected chi connectivity index (χ1v) is 21.0. The van der Waals surface area contributed by atoms with Crippen LogP contribution in [0.25, 0.3) is 0 Å². The second-order valence-corrected chi connectivity index (χ2v) is 14.8. The highest BCUT2D eigenvalue weighted by molar-refractivity contribution is 5.76. The molecule has 2 unspecified atom stereocenters. The summed E-state index contributed by atoms with van der Waals surface area (Å²) in [7, 11) is 0. The lowest BCUT2D eigenvalue weighted by Gasteiger charge is -2.40. The van der Waals surface area contributed by atoms with E-state index in [9.17, 15) is 30.3 Å². The van der Waals surface area contributed by atoms with Gasteiger partial charge in [0.25, 0.3) is 0 Å². The zero-order valence-corrected chi connectivity index (χ0v) is 32.6. The zero-order chi connectivity index (χ0) is 37.4. The van der Waals surface area contributed by atoms with Gasteiger partial charge in [0.05, 0.1) is 25.4 Å². The van der Waals surface area contributed by atoms with Crippen molar-refractivity contribution in [2.75, 3.05) is 13.2 Å². The molecule has 6 N–H and O–H groups in total. The van der Waals surface area contributed by atoms with Gasteiger partial charge in [-0.05, 0) is 64.2 Å². The van der Waals surface area contributed by atoms with Gasteiger partial charge in [0.15, 0.2) is 6.29 Å². The third-order valence-corrected chi connectivity index (χ3v) is 10.0. The first-order chi connectivity index (χ1) is 24.8. The molecule has 9 nitrogen and oxygen atoms in total. The Morgan fingerprint density at radius 1 is 0.647 bits per heavy atom. The molecule has 0 aromatic rings. The summed E-state index contributed by atoms with van der Waals surface area (Å²) in [6, 6.07) is -0.735. The van der Waals surface area contributed by atoms with Crippen LogP contribution in [-0.2, 0) is 14.3 Å². The highest BCUT2D eigenvalue weighted by atomic mass is 16.7. The molecule has 0 aromatic heterocycles. The number of hydrogen-bond donors (Lipinski definition) is 6. The summed E-state index contributed by atoms with van der Waals surface area (Å²) < 4.78 is 11.2. The summed E-state index contributed by atoms with van der Waals surface area (Å²) in [5.74, 6) is -0.165. The van der Waals surface area contributed by atoms with Gasteiger partial charge in [0.1, 0.15) is 24.4 Å². The minimum absolute atomic E-state index is 0.152. The van der Waals surface area contributed by atoms with Crippen LogP contribution in [0.2, 0.25) is 0 Å². The van der Waals surface area contributed by atoms with Gasteiger partial charge in [-0.1, -0.05) is 134 Å². The SMILES string of the molecule is CCCCCC/C=C/CCCCCCCC(=O)N[C@@H](CO[C@@H]1O[C@H](CO)[C@@H](O)C(O)C1O)[C@H](O)CCCC/C=C/CCCCCCCCCCC. The Labute approximate surface area is 311 Å². The van der Waals surface area contributed by atoms with Crippen LogP contribution in [0.15, 0.2) is 24.3 Å². The Morgan fingerprint density at radius 3 is 1.61 bits per heavy atom. The van der Waals surface area contributed by atoms with E-state index < -0.39 is 49.5 Å². The van der Waals surface area contributed by atoms with E-state index >= 15 is 0 Å². The van der Waals surface area contributed by atoms with Gasteiger partial charge in [-0.3, -0.25) is 4.79 Å². The smallest absolute Gasteiger partial charge is 0.220 e. The lowest BCUT2D eigenvalue weighted by molar-refractivity contribution is -0.302. The van der Waals surface area contributed by atoms with Gasteiger partial charge in [-0.25, -0.2) is 0 Å². The molecule has 300 valence electrons. The largest absolute Gasteiger partial charge is 0.394 e. The summed E-state index contributed by atoms with van der Waals surface area (Å²) in [5.41, 5.74) is 0. The second-order valence-electron chi connectivity index (χ2n) is 14.8. The Hall–Kier alpha value is -1.33. The molecule has 1 fully saturated rings. The summed E-state index contributed by atoms with van der Waals surface area (Å²) in [6.45, 7) is 3.78. The van der Waals surface area contributed by atoms with Gasteiger partial charge < -0.3 is 40.3 Å². The van der Waals surface area contributed by atoms with E-state index in [1.807, 2.05) is 0 Å². The topological polar surface area (TPSA) is 149 Å². The van der Waals surface area contributed by atoms with Crippen molar-refractivity contribution in [3.05, 3.63) is 24.3 Å². The Balaban J connectivity index is 2.41. The number of carbonyl (C=O) groups excluding carboxylic acids is 1. The maximum absolute atomic E-state index is 12.9. The molecule has 0 aliphatic carbocycles. The average Bonchev–Trinajstić information content (AvgIpc) is 3.13. The van der Waals surface area contributed by atoms with Crippen LogP contribution < -0.4 is 5.32 Å². The molecule has 1 aliphatic heterocycles. The molecule has 0 spiro atoms. The number of aliphatic hydroxyl groups is 5. The molecule has 51 heavy (non-hydrogen) atoms. The van der Waals surface area contributed by atoms with Gasteiger partial charge in [0.2, 0.25) is 5.91 Å². The molecule has 1 heterocycles. The molecule has 7 atom stereocenters. The molecule has 1 aliphatic rings. The van der Waals surface area contributed by atoms with E-state index in [0.717, 1.165) is 64.2 Å². The third-order valence-electron chi connectivity index (χ3n) is 10.0. The van der Waals surface area contributed by atoms with Crippen molar-refractivity contribution < 1.29 is 39.8 Å². The first kappa shape index (κ1) is 47.7. The van der Waals surface area contributed by atoms with Crippen molar-refractivity contribution in [2.24, 2.45) is 0 Å². The lowest BCUT2D eigenvalue weighted by Crippen LogP contribution is -2.60. The average molecular weight is 726 g/mol. The Morgan fingerprint density at radius 2 is 1.10 bits per heavy atom. The minimum Gasteiger partial charge on any atom is -0.394 e. The molecule has 0 radical (unpaired) electrons. The van der Waals surface area contributed by atoms with Gasteiger partial charge in [-0.15, -0.1) is 0 Å². The fraction of sp³-hybridized carbons (Fsp3) is 0.881. The molecule has 0 aromatic carbocycles. The summed E-state index contributed by atoms with van der Waals surface area (Å²) in [4.78, 5) is 12.9. The van der Waals surface area contributed by atoms with E-state index in [0.29, 0.717) is 12.8 Å². The van der Waals surface area contributed by atoms with Crippen LogP contribution >= 0.6 is 0 Å². The molecule has 1 saturated heterocycles. The van der Waals surface area contributed by atoms with Crippen LogP contribution in [0.1, 0.15) is 181 Å². The van der Waals surface area contributed by atoms with Gasteiger partial charge in [0, 0.05) is 6.42 Å². The number of nitrogens with one attached hydrogen (secondary N) is 1. The number of rotatable bonds is 34. The normalized spacial score (nSPS) is 22.2. The standard InChI is InChI=1S/C42H79NO8/c1-3-5-7-9-11-13-15-17-18-20-21-23-25-27-29-31-36(45)35(34-50-42-41(49)40(48)39(47)37(33-44)51-42)43-38(46)32-30-28-26-24-22-19-16-14-12-10-8-6-4-2/h14,16,21,23,35-37,39-42,44-45,47-49H,3-13,15,17-20,22,24-34H2,1-2H3,(H,43,46)/b16-14+,23-21+/t35-,36+,37+,39+,40?,41?,42+/m0/s1. The van der Waals surface area contributed by atoms with Gasteiger partial charge >= 0.3 is 0 Å². The number of aliphatic hydroxyl groups excluding tert-OH is 5. The van der Waals surface area contributed by atoms with Gasteiger partial charge in [-0.2, -0.15) is 0 Å². The predicted octanol–water partition coefficient (Wildman–Crippen LogP) is 7.94. The maximum atomic E-state index is 12.9. The molecule has 0 bridgehead atoms. The van der Waals surface area contributed by atoms with E-state index in [1.165, 1.54) is 89.9 Å². The first-order valence-electron chi connectivity index (χ1n) is 21.0. The Kier molecular flexibility index (Phi) is 31.1. The third kappa shape index (κ3) is 24.6. The summed E-state index contributed by atoms with van der Waals surface area (Å²) >= 11 is 0. The monoisotopic (exact) mass is 726 g/mol. The number of allylic oxidation sites excluding steroid dienone is 4. The zero-order valence-electron chi connectivity index (χ0n) is 32.6. The van der Waals surface area contributed by atoms with Crippen molar-refractivity contribution in [2.45, 2.75) is 224 Å². The minimum atomic E-state index is -1.56. The molecule has 1 amide bonds. The van der Waals surface area contributed by atoms with Crippen LogP contribution in [0, 0.1) is 0 Å². The van der Waals surface area contributed by atoms with Crippen molar-refractivity contribution in [3.8, 4) is 0 Å². The van der Waals surface area contributed by atoms with E-state index in [1.54, 1.807) is 0 Å². The summed E-state index contributed by atoms with van der Waals surface area (Å²) in [5, 5.41) is 54.1. The number of ether oxygens (including phenoxy) is 2. The molecule has 1 rings (SSSR count). The highest BCUT2D eigenvalue weighted by Crippen LogP contribution is 2.23. The molecule has 0 saturated carbocycles. The van der Waals surface area contributed by atoms with Crippen molar-refractivity contribution in [1.29, 1.82) is 0 Å². The second kappa shape index (κ2) is 33.3. The fourth-order valence-electron chi connectivity index (χ4n) is 6.56. The predicted molar refractivity (Wildman–Crippen MR) is 207 cm³/mol. The van der Waals surface area contributed by atoms with E-state index in [-0.39, 0.29) is 12.5 Å². The number of amides is 1. The molecule has 9 heteroatoms.